The van der Waals surface area contributed by atoms with E-state index in [-0.39, 0.29) is 17.5 Å². The van der Waals surface area contributed by atoms with Crippen molar-refractivity contribution >= 4 is 16.6 Å². The van der Waals surface area contributed by atoms with E-state index < -0.39 is 11.2 Å². The number of aromatic nitrogens is 1. The Morgan fingerprint density at radius 2 is 1.67 bits per heavy atom. The van der Waals surface area contributed by atoms with Crippen LogP contribution < -0.4 is 0 Å². The fourth-order valence-electron chi connectivity index (χ4n) is 6.21. The van der Waals surface area contributed by atoms with Gasteiger partial charge in [0.2, 0.25) is 11.8 Å². The standard InChI is InChI=1S/C30H26N2O4/c1-29-16-17-30(36-29,15-7-12-24(33)19-8-3-2-4-9-19)26-25(29)27(34)32(28(26)35)23-14-13-20(18-31)21-10-5-6-11-22(21)23/h2-6,8-11,13-14,34-35H,7,12,15-17H2,1H3/t29-,30+/m0/s1. The molecular weight excluding hydrogens is 452 g/mol. The number of nitriles is 1. The highest BCUT2D eigenvalue weighted by Gasteiger charge is 2.61. The van der Waals surface area contributed by atoms with Gasteiger partial charge < -0.3 is 14.9 Å². The topological polar surface area (TPSA) is 95.5 Å². The summed E-state index contributed by atoms with van der Waals surface area (Å²) in [4.78, 5) is 12.7. The monoisotopic (exact) mass is 478 g/mol. The Hall–Kier alpha value is -4.08. The molecule has 0 aliphatic carbocycles. The molecule has 1 saturated heterocycles. The van der Waals surface area contributed by atoms with Crippen molar-refractivity contribution in [3.63, 3.8) is 0 Å². The fourth-order valence-corrected chi connectivity index (χ4v) is 6.21. The van der Waals surface area contributed by atoms with Crippen molar-refractivity contribution in [1.82, 2.24) is 4.57 Å². The third-order valence-electron chi connectivity index (χ3n) is 7.87. The van der Waals surface area contributed by atoms with E-state index in [0.29, 0.717) is 53.6 Å². The number of hydrogen-bond donors (Lipinski definition) is 2. The molecule has 2 aliphatic heterocycles. The van der Waals surface area contributed by atoms with E-state index in [9.17, 15) is 20.3 Å². The Kier molecular flexibility index (Phi) is 4.96. The summed E-state index contributed by atoms with van der Waals surface area (Å²) in [6.45, 7) is 1.95. The van der Waals surface area contributed by atoms with Gasteiger partial charge in [0.1, 0.15) is 5.60 Å². The minimum Gasteiger partial charge on any atom is -0.494 e. The van der Waals surface area contributed by atoms with Gasteiger partial charge in [0.15, 0.2) is 5.78 Å². The summed E-state index contributed by atoms with van der Waals surface area (Å²) in [5.74, 6) is -0.00311. The molecule has 3 aromatic carbocycles. The zero-order chi connectivity index (χ0) is 25.1. The van der Waals surface area contributed by atoms with Crippen molar-refractivity contribution in [2.24, 2.45) is 0 Å². The van der Waals surface area contributed by atoms with E-state index in [1.807, 2.05) is 61.5 Å². The maximum absolute atomic E-state index is 12.7. The average Bonchev–Trinajstić information content (AvgIpc) is 3.48. The second-order valence-electron chi connectivity index (χ2n) is 9.99. The molecule has 2 N–H and O–H groups in total. The third-order valence-corrected chi connectivity index (χ3v) is 7.87. The normalized spacial score (nSPS) is 22.0. The lowest BCUT2D eigenvalue weighted by molar-refractivity contribution is -0.0840. The Morgan fingerprint density at radius 1 is 0.972 bits per heavy atom. The summed E-state index contributed by atoms with van der Waals surface area (Å²) in [5, 5.41) is 34.0. The van der Waals surface area contributed by atoms with Gasteiger partial charge in [-0.3, -0.25) is 9.36 Å². The molecule has 2 bridgehead atoms. The van der Waals surface area contributed by atoms with Crippen LogP contribution in [0.15, 0.2) is 66.7 Å². The highest BCUT2D eigenvalue weighted by Crippen LogP contribution is 2.66. The number of ketones is 1. The summed E-state index contributed by atoms with van der Waals surface area (Å²) < 4.78 is 8.01. The molecule has 0 spiro atoms. The number of ether oxygens (including phenoxy) is 1. The van der Waals surface area contributed by atoms with Gasteiger partial charge in [0, 0.05) is 22.8 Å². The predicted molar refractivity (Wildman–Crippen MR) is 135 cm³/mol. The van der Waals surface area contributed by atoms with Crippen molar-refractivity contribution in [1.29, 1.82) is 5.26 Å². The lowest BCUT2D eigenvalue weighted by Crippen LogP contribution is -2.23. The molecule has 4 aromatic rings. The minimum absolute atomic E-state index is 0.0400. The largest absolute Gasteiger partial charge is 0.494 e. The van der Waals surface area contributed by atoms with Gasteiger partial charge in [-0.2, -0.15) is 5.26 Å². The SMILES string of the molecule is C[C@@]12CC[C@@](CCCC(=O)c3ccccc3)(O1)c1c2c(O)n(-c2ccc(C#N)c3ccccc23)c1O. The molecule has 0 radical (unpaired) electrons. The van der Waals surface area contributed by atoms with Crippen molar-refractivity contribution in [3.05, 3.63) is 89.0 Å². The lowest BCUT2D eigenvalue weighted by atomic mass is 9.77. The molecule has 3 heterocycles. The van der Waals surface area contributed by atoms with Gasteiger partial charge >= 0.3 is 0 Å². The summed E-state index contributed by atoms with van der Waals surface area (Å²) >= 11 is 0. The second-order valence-corrected chi connectivity index (χ2v) is 9.99. The molecule has 6 nitrogen and oxygen atoms in total. The summed E-state index contributed by atoms with van der Waals surface area (Å²) in [6.07, 6.45) is 2.99. The van der Waals surface area contributed by atoms with Crippen LogP contribution in [0, 0.1) is 11.3 Å². The first-order chi connectivity index (χ1) is 17.4. The van der Waals surface area contributed by atoms with Gasteiger partial charge in [-0.25, -0.2) is 0 Å². The maximum atomic E-state index is 12.7. The molecule has 2 aliphatic rings. The quantitative estimate of drug-likeness (QED) is 0.322. The van der Waals surface area contributed by atoms with Crippen LogP contribution in [0.5, 0.6) is 11.8 Å². The van der Waals surface area contributed by atoms with Crippen LogP contribution in [0.3, 0.4) is 0 Å². The number of carbonyl (C=O) groups excluding carboxylic acids is 1. The molecule has 1 aromatic heterocycles. The second kappa shape index (κ2) is 7.97. The smallest absolute Gasteiger partial charge is 0.205 e. The van der Waals surface area contributed by atoms with E-state index in [4.69, 9.17) is 4.74 Å². The van der Waals surface area contributed by atoms with Gasteiger partial charge in [0.05, 0.1) is 34.0 Å². The van der Waals surface area contributed by atoms with Crippen molar-refractivity contribution in [2.75, 3.05) is 0 Å². The Bertz CT molecular complexity index is 1570. The molecule has 180 valence electrons. The number of hydrogen-bond acceptors (Lipinski definition) is 5. The van der Waals surface area contributed by atoms with E-state index >= 15 is 0 Å². The van der Waals surface area contributed by atoms with Gasteiger partial charge in [-0.15, -0.1) is 0 Å². The molecule has 1 fully saturated rings. The van der Waals surface area contributed by atoms with Crippen LogP contribution in [0.4, 0.5) is 0 Å². The lowest BCUT2D eigenvalue weighted by Gasteiger charge is -2.26. The third kappa shape index (κ3) is 3.09. The summed E-state index contributed by atoms with van der Waals surface area (Å²) in [5.41, 5.74) is 1.60. The van der Waals surface area contributed by atoms with Crippen LogP contribution >= 0.6 is 0 Å². The van der Waals surface area contributed by atoms with E-state index in [0.717, 1.165) is 17.2 Å². The fraction of sp³-hybridized carbons (Fsp3) is 0.267. The van der Waals surface area contributed by atoms with Crippen molar-refractivity contribution in [2.45, 2.75) is 50.2 Å². The van der Waals surface area contributed by atoms with Gasteiger partial charge in [0.25, 0.3) is 0 Å². The molecular formula is C30H26N2O4. The van der Waals surface area contributed by atoms with E-state index in [1.165, 1.54) is 4.57 Å². The number of benzene rings is 3. The molecule has 36 heavy (non-hydrogen) atoms. The number of nitrogens with zero attached hydrogens (tertiary/aromatic N) is 2. The van der Waals surface area contributed by atoms with Crippen LogP contribution in [0.2, 0.25) is 0 Å². The highest BCUT2D eigenvalue weighted by atomic mass is 16.5. The van der Waals surface area contributed by atoms with Crippen molar-refractivity contribution < 1.29 is 19.7 Å². The molecule has 0 unspecified atom stereocenters. The number of Topliss-reactive ketones (excluding diaryl/α,β-unsaturated/α-hetero) is 1. The van der Waals surface area contributed by atoms with Crippen LogP contribution in [-0.2, 0) is 15.9 Å². The first kappa shape index (κ1) is 22.4. The molecule has 6 rings (SSSR count). The summed E-state index contributed by atoms with van der Waals surface area (Å²) in [6, 6.07) is 22.4. The number of carbonyl (C=O) groups is 1. The number of rotatable bonds is 6. The molecule has 0 saturated carbocycles. The zero-order valence-corrected chi connectivity index (χ0v) is 20.0. The maximum Gasteiger partial charge on any atom is 0.205 e. The van der Waals surface area contributed by atoms with E-state index in [1.54, 1.807) is 12.1 Å². The Morgan fingerprint density at radius 3 is 2.42 bits per heavy atom. The molecule has 2 atom stereocenters. The summed E-state index contributed by atoms with van der Waals surface area (Å²) in [7, 11) is 0. The Balaban J connectivity index is 1.40. The van der Waals surface area contributed by atoms with Gasteiger partial charge in [-0.1, -0.05) is 54.6 Å². The molecule has 6 heteroatoms. The number of fused-ring (bicyclic) bond motifs is 6. The van der Waals surface area contributed by atoms with Crippen LogP contribution in [0.1, 0.15) is 66.1 Å². The molecule has 0 amide bonds. The highest BCUT2D eigenvalue weighted by molar-refractivity contribution is 5.96. The van der Waals surface area contributed by atoms with Gasteiger partial charge in [-0.05, 0) is 44.7 Å². The first-order valence-corrected chi connectivity index (χ1v) is 12.3. The zero-order valence-electron chi connectivity index (χ0n) is 20.0. The Labute approximate surface area is 209 Å². The first-order valence-electron chi connectivity index (χ1n) is 12.3. The van der Waals surface area contributed by atoms with E-state index in [2.05, 4.69) is 6.07 Å². The number of aromatic hydroxyl groups is 2. The van der Waals surface area contributed by atoms with Crippen molar-refractivity contribution in [3.8, 4) is 23.5 Å². The average molecular weight is 479 g/mol. The minimum atomic E-state index is -0.754. The predicted octanol–water partition coefficient (Wildman–Crippen LogP) is 6.20. The van der Waals surface area contributed by atoms with Crippen LogP contribution in [0.25, 0.3) is 16.5 Å². The van der Waals surface area contributed by atoms with Crippen LogP contribution in [-0.4, -0.2) is 20.6 Å².